The second-order valence-electron chi connectivity index (χ2n) is 4.04. The maximum atomic E-state index is 11.4. The zero-order chi connectivity index (χ0) is 12.5. The van der Waals surface area contributed by atoms with Crippen LogP contribution < -0.4 is 4.74 Å². The van der Waals surface area contributed by atoms with E-state index in [0.717, 1.165) is 12.0 Å². The lowest BCUT2D eigenvalue weighted by molar-refractivity contribution is 0.0567. The molecule has 5 nitrogen and oxygen atoms in total. The molecule has 0 unspecified atom stereocenters. The fraction of sp³-hybridized carbons (Fsp3) is 0.308. The Balaban J connectivity index is 1.92. The molecule has 0 spiro atoms. The fourth-order valence-corrected chi connectivity index (χ4v) is 1.71. The van der Waals surface area contributed by atoms with Gasteiger partial charge in [0.1, 0.15) is 24.0 Å². The van der Waals surface area contributed by atoms with Crippen molar-refractivity contribution >= 4 is 16.9 Å². The van der Waals surface area contributed by atoms with Gasteiger partial charge in [-0.25, -0.2) is 4.79 Å². The summed E-state index contributed by atoms with van der Waals surface area (Å²) in [7, 11) is 1.32. The van der Waals surface area contributed by atoms with Gasteiger partial charge < -0.3 is 18.6 Å². The summed E-state index contributed by atoms with van der Waals surface area (Å²) < 4.78 is 20.7. The maximum Gasteiger partial charge on any atom is 0.373 e. The molecule has 1 saturated heterocycles. The van der Waals surface area contributed by atoms with Crippen LogP contribution in [0.4, 0.5) is 0 Å². The van der Waals surface area contributed by atoms with Crippen LogP contribution in [-0.2, 0) is 9.47 Å². The molecule has 1 aromatic carbocycles. The van der Waals surface area contributed by atoms with Crippen LogP contribution in [0.25, 0.3) is 11.0 Å². The van der Waals surface area contributed by atoms with Crippen molar-refractivity contribution in [1.29, 1.82) is 0 Å². The van der Waals surface area contributed by atoms with Crippen LogP contribution in [0.2, 0.25) is 0 Å². The van der Waals surface area contributed by atoms with E-state index in [1.807, 2.05) is 12.1 Å². The highest BCUT2D eigenvalue weighted by Gasteiger charge is 2.24. The van der Waals surface area contributed by atoms with Crippen LogP contribution in [0, 0.1) is 0 Å². The summed E-state index contributed by atoms with van der Waals surface area (Å²) in [4.78, 5) is 11.4. The van der Waals surface area contributed by atoms with E-state index in [0.29, 0.717) is 17.9 Å². The lowest BCUT2D eigenvalue weighted by Gasteiger charge is -2.04. The molecule has 1 aromatic heterocycles. The minimum Gasteiger partial charge on any atom is -0.490 e. The molecule has 1 aliphatic rings. The Bertz CT molecular complexity index is 582. The first kappa shape index (κ1) is 11.1. The molecule has 2 heterocycles. The van der Waals surface area contributed by atoms with Crippen molar-refractivity contribution in [2.24, 2.45) is 0 Å². The van der Waals surface area contributed by atoms with Gasteiger partial charge in [-0.1, -0.05) is 6.07 Å². The number of esters is 1. The van der Waals surface area contributed by atoms with Gasteiger partial charge in [0.15, 0.2) is 0 Å². The predicted octanol–water partition coefficient (Wildman–Crippen LogP) is 2.00. The molecular weight excluding hydrogens is 236 g/mol. The highest BCUT2D eigenvalue weighted by molar-refractivity contribution is 5.94. The number of methoxy groups -OCH3 is 1. The first-order valence-electron chi connectivity index (χ1n) is 5.63. The van der Waals surface area contributed by atoms with Crippen LogP contribution in [0.5, 0.6) is 5.75 Å². The number of rotatable bonds is 4. The molecule has 0 bridgehead atoms. The average Bonchev–Trinajstić information content (AvgIpc) is 3.12. The average molecular weight is 248 g/mol. The minimum absolute atomic E-state index is 0.172. The first-order chi connectivity index (χ1) is 8.78. The third-order valence-electron chi connectivity index (χ3n) is 2.74. The summed E-state index contributed by atoms with van der Waals surface area (Å²) in [6.07, 6.45) is 0.187. The van der Waals surface area contributed by atoms with Crippen LogP contribution in [0.1, 0.15) is 10.6 Å². The third kappa shape index (κ3) is 2.04. The molecular formula is C13H12O5. The van der Waals surface area contributed by atoms with Gasteiger partial charge in [0.25, 0.3) is 0 Å². The minimum atomic E-state index is -0.498. The quantitative estimate of drug-likeness (QED) is 0.611. The van der Waals surface area contributed by atoms with E-state index in [9.17, 15) is 4.79 Å². The number of carbonyl (C=O) groups is 1. The number of hydrogen-bond acceptors (Lipinski definition) is 5. The van der Waals surface area contributed by atoms with Gasteiger partial charge in [-0.2, -0.15) is 0 Å². The van der Waals surface area contributed by atoms with Crippen molar-refractivity contribution in [2.75, 3.05) is 20.3 Å². The molecule has 0 saturated carbocycles. The molecule has 0 amide bonds. The lowest BCUT2D eigenvalue weighted by atomic mass is 10.2. The van der Waals surface area contributed by atoms with E-state index >= 15 is 0 Å². The van der Waals surface area contributed by atoms with E-state index in [-0.39, 0.29) is 11.9 Å². The van der Waals surface area contributed by atoms with Crippen molar-refractivity contribution in [3.05, 3.63) is 30.0 Å². The van der Waals surface area contributed by atoms with Crippen molar-refractivity contribution in [2.45, 2.75) is 6.10 Å². The molecule has 1 aliphatic heterocycles. The summed E-state index contributed by atoms with van der Waals surface area (Å²) in [5.41, 5.74) is 0.601. The molecule has 18 heavy (non-hydrogen) atoms. The van der Waals surface area contributed by atoms with Crippen LogP contribution >= 0.6 is 0 Å². The van der Waals surface area contributed by atoms with E-state index in [1.54, 1.807) is 12.1 Å². The van der Waals surface area contributed by atoms with Gasteiger partial charge in [-0.3, -0.25) is 0 Å². The van der Waals surface area contributed by atoms with Gasteiger partial charge in [-0.05, 0) is 12.1 Å². The number of ether oxygens (including phenoxy) is 3. The van der Waals surface area contributed by atoms with Crippen LogP contribution in [-0.4, -0.2) is 32.4 Å². The molecule has 0 aliphatic carbocycles. The molecule has 94 valence electrons. The second-order valence-corrected chi connectivity index (χ2v) is 4.04. The van der Waals surface area contributed by atoms with E-state index < -0.39 is 5.97 Å². The number of benzene rings is 1. The zero-order valence-electron chi connectivity index (χ0n) is 9.84. The maximum absolute atomic E-state index is 11.4. The molecule has 1 atom stereocenters. The molecule has 1 fully saturated rings. The zero-order valence-corrected chi connectivity index (χ0v) is 9.84. The number of fused-ring (bicyclic) bond motifs is 1. The number of carbonyl (C=O) groups excluding carboxylic acids is 1. The smallest absolute Gasteiger partial charge is 0.373 e. The molecule has 0 N–H and O–H groups in total. The topological polar surface area (TPSA) is 61.2 Å². The highest BCUT2D eigenvalue weighted by Crippen LogP contribution is 2.29. The van der Waals surface area contributed by atoms with Crippen molar-refractivity contribution in [1.82, 2.24) is 0 Å². The SMILES string of the molecule is COC(=O)c1cc2c(OC[C@@H]3CO3)cccc2o1. The van der Waals surface area contributed by atoms with Crippen LogP contribution in [0.3, 0.4) is 0 Å². The molecule has 5 heteroatoms. The summed E-state index contributed by atoms with van der Waals surface area (Å²) in [6.45, 7) is 1.26. The summed E-state index contributed by atoms with van der Waals surface area (Å²) >= 11 is 0. The summed E-state index contributed by atoms with van der Waals surface area (Å²) in [5, 5.41) is 0.763. The van der Waals surface area contributed by atoms with Crippen LogP contribution in [0.15, 0.2) is 28.7 Å². The van der Waals surface area contributed by atoms with Gasteiger partial charge in [0, 0.05) is 6.07 Å². The van der Waals surface area contributed by atoms with Gasteiger partial charge in [0.05, 0.1) is 19.1 Å². The van der Waals surface area contributed by atoms with Crippen molar-refractivity contribution < 1.29 is 23.4 Å². The number of epoxide rings is 1. The Hall–Kier alpha value is -2.01. The third-order valence-corrected chi connectivity index (χ3v) is 2.74. The molecule has 2 aromatic rings. The fourth-order valence-electron chi connectivity index (χ4n) is 1.71. The highest BCUT2D eigenvalue weighted by atomic mass is 16.6. The van der Waals surface area contributed by atoms with E-state index in [4.69, 9.17) is 13.9 Å². The van der Waals surface area contributed by atoms with E-state index in [2.05, 4.69) is 4.74 Å². The van der Waals surface area contributed by atoms with Gasteiger partial charge in [0.2, 0.25) is 5.76 Å². The Morgan fingerprint density at radius 1 is 1.50 bits per heavy atom. The first-order valence-corrected chi connectivity index (χ1v) is 5.63. The number of hydrogen-bond donors (Lipinski definition) is 0. The number of furan rings is 1. The second kappa shape index (κ2) is 4.34. The Labute approximate surface area is 103 Å². The van der Waals surface area contributed by atoms with Crippen molar-refractivity contribution in [3.63, 3.8) is 0 Å². The summed E-state index contributed by atoms with van der Waals surface area (Å²) in [5.74, 6) is 0.357. The lowest BCUT2D eigenvalue weighted by Crippen LogP contribution is -2.03. The Morgan fingerprint density at radius 3 is 3.06 bits per heavy atom. The Morgan fingerprint density at radius 2 is 2.33 bits per heavy atom. The standard InChI is InChI=1S/C13H12O5/c1-15-13(14)12-5-9-10(17-7-8-6-16-8)3-2-4-11(9)18-12/h2-5,8H,6-7H2,1H3/t8-/m0/s1. The normalized spacial score (nSPS) is 17.7. The predicted molar refractivity (Wildman–Crippen MR) is 62.8 cm³/mol. The largest absolute Gasteiger partial charge is 0.490 e. The summed E-state index contributed by atoms with van der Waals surface area (Å²) in [6, 6.07) is 7.06. The van der Waals surface area contributed by atoms with Crippen molar-refractivity contribution in [3.8, 4) is 5.75 Å². The molecule has 3 rings (SSSR count). The monoisotopic (exact) mass is 248 g/mol. The van der Waals surface area contributed by atoms with E-state index in [1.165, 1.54) is 7.11 Å². The van der Waals surface area contributed by atoms with Gasteiger partial charge in [-0.15, -0.1) is 0 Å². The van der Waals surface area contributed by atoms with Gasteiger partial charge >= 0.3 is 5.97 Å². The Kier molecular flexibility index (Phi) is 2.68. The molecule has 0 radical (unpaired) electrons.